The number of aromatic nitrogens is 3. The van der Waals surface area contributed by atoms with Crippen LogP contribution in [0.1, 0.15) is 29.5 Å². The molecule has 0 saturated heterocycles. The van der Waals surface area contributed by atoms with Crippen LogP contribution in [0.2, 0.25) is 0 Å². The van der Waals surface area contributed by atoms with E-state index < -0.39 is 11.8 Å². The van der Waals surface area contributed by atoms with E-state index in [0.29, 0.717) is 12.2 Å². The lowest BCUT2D eigenvalue weighted by molar-refractivity contribution is 0.0690. The number of hydrogen-bond donors (Lipinski definition) is 1. The topological polar surface area (TPSA) is 68.0 Å². The third-order valence-corrected chi connectivity index (χ3v) is 2.44. The monoisotopic (exact) mass is 249 g/mol. The van der Waals surface area contributed by atoms with Gasteiger partial charge in [-0.1, -0.05) is 13.3 Å². The maximum atomic E-state index is 12.8. The summed E-state index contributed by atoms with van der Waals surface area (Å²) in [5.74, 6) is -1.12. The van der Waals surface area contributed by atoms with Gasteiger partial charge in [-0.25, -0.2) is 18.9 Å². The predicted molar refractivity (Wildman–Crippen MR) is 62.3 cm³/mol. The second-order valence-corrected chi connectivity index (χ2v) is 3.82. The van der Waals surface area contributed by atoms with E-state index in [1.165, 1.54) is 22.9 Å². The Bertz CT molecular complexity index is 563. The first kappa shape index (κ1) is 12.2. The molecule has 6 heteroatoms. The molecule has 0 aromatic carbocycles. The van der Waals surface area contributed by atoms with E-state index in [0.717, 1.165) is 18.3 Å². The largest absolute Gasteiger partial charge is 0.476 e. The standard InChI is InChI=1S/C12H12FN3O2/c1-2-3-9-6-10(12(17)18)15-16(9)11-5-4-8(13)7-14-11/h4-7H,2-3H2,1H3,(H,17,18). The summed E-state index contributed by atoms with van der Waals surface area (Å²) in [5.41, 5.74) is 0.707. The highest BCUT2D eigenvalue weighted by Gasteiger charge is 2.14. The maximum Gasteiger partial charge on any atom is 0.356 e. The number of carboxylic acid groups (broad SMARTS) is 1. The van der Waals surface area contributed by atoms with Gasteiger partial charge in [0.05, 0.1) is 6.20 Å². The number of halogens is 1. The van der Waals surface area contributed by atoms with Crippen molar-refractivity contribution in [2.45, 2.75) is 19.8 Å². The summed E-state index contributed by atoms with van der Waals surface area (Å²) < 4.78 is 14.2. The van der Waals surface area contributed by atoms with Crippen molar-refractivity contribution >= 4 is 5.97 Å². The van der Waals surface area contributed by atoms with Crippen LogP contribution in [-0.2, 0) is 6.42 Å². The van der Waals surface area contributed by atoms with E-state index in [-0.39, 0.29) is 5.69 Å². The lowest BCUT2D eigenvalue weighted by Crippen LogP contribution is -2.05. The van der Waals surface area contributed by atoms with Crippen molar-refractivity contribution in [1.82, 2.24) is 14.8 Å². The van der Waals surface area contributed by atoms with E-state index in [1.54, 1.807) is 0 Å². The third kappa shape index (κ3) is 2.37. The molecule has 18 heavy (non-hydrogen) atoms. The first-order valence-corrected chi connectivity index (χ1v) is 5.56. The molecular formula is C12H12FN3O2. The molecule has 0 radical (unpaired) electrons. The highest BCUT2D eigenvalue weighted by atomic mass is 19.1. The smallest absolute Gasteiger partial charge is 0.356 e. The van der Waals surface area contributed by atoms with Crippen molar-refractivity contribution in [3.05, 3.63) is 41.6 Å². The fourth-order valence-electron chi connectivity index (χ4n) is 1.65. The van der Waals surface area contributed by atoms with E-state index in [9.17, 15) is 9.18 Å². The van der Waals surface area contributed by atoms with Gasteiger partial charge in [0, 0.05) is 5.69 Å². The molecule has 0 aliphatic rings. The highest BCUT2D eigenvalue weighted by Crippen LogP contribution is 2.13. The average Bonchev–Trinajstić information content (AvgIpc) is 2.75. The summed E-state index contributed by atoms with van der Waals surface area (Å²) in [6.45, 7) is 1.98. The van der Waals surface area contributed by atoms with Crippen LogP contribution in [0, 0.1) is 5.82 Å². The van der Waals surface area contributed by atoms with Crippen molar-refractivity contribution in [2.75, 3.05) is 0 Å². The zero-order valence-corrected chi connectivity index (χ0v) is 9.80. The van der Waals surface area contributed by atoms with Gasteiger partial charge in [-0.3, -0.25) is 0 Å². The van der Waals surface area contributed by atoms with Gasteiger partial charge in [0.1, 0.15) is 5.82 Å². The number of nitrogens with zero attached hydrogens (tertiary/aromatic N) is 3. The van der Waals surface area contributed by atoms with Gasteiger partial charge in [-0.2, -0.15) is 5.10 Å². The number of carbonyl (C=O) groups is 1. The zero-order chi connectivity index (χ0) is 13.1. The molecule has 2 rings (SSSR count). The molecule has 0 bridgehead atoms. The minimum Gasteiger partial charge on any atom is -0.476 e. The number of pyridine rings is 1. The Labute approximate surface area is 103 Å². The summed E-state index contributed by atoms with van der Waals surface area (Å²) in [5, 5.41) is 12.9. The maximum absolute atomic E-state index is 12.8. The van der Waals surface area contributed by atoms with Crippen molar-refractivity contribution < 1.29 is 14.3 Å². The van der Waals surface area contributed by atoms with Crippen molar-refractivity contribution in [2.24, 2.45) is 0 Å². The SMILES string of the molecule is CCCc1cc(C(=O)O)nn1-c1ccc(F)cn1. The molecule has 5 nitrogen and oxygen atoms in total. The van der Waals surface area contributed by atoms with Crippen LogP contribution in [0.3, 0.4) is 0 Å². The van der Waals surface area contributed by atoms with E-state index in [4.69, 9.17) is 5.11 Å². The Morgan fingerprint density at radius 2 is 2.28 bits per heavy atom. The Morgan fingerprint density at radius 1 is 1.50 bits per heavy atom. The van der Waals surface area contributed by atoms with Crippen molar-refractivity contribution in [1.29, 1.82) is 0 Å². The molecule has 0 atom stereocenters. The van der Waals surface area contributed by atoms with E-state index >= 15 is 0 Å². The normalized spacial score (nSPS) is 10.6. The first-order valence-electron chi connectivity index (χ1n) is 5.56. The minimum absolute atomic E-state index is 0.0374. The molecule has 1 N–H and O–H groups in total. The second kappa shape index (κ2) is 4.95. The van der Waals surface area contributed by atoms with Gasteiger partial charge >= 0.3 is 5.97 Å². The van der Waals surface area contributed by atoms with Gasteiger partial charge in [-0.15, -0.1) is 0 Å². The summed E-state index contributed by atoms with van der Waals surface area (Å²) in [4.78, 5) is 14.8. The molecule has 0 fully saturated rings. The predicted octanol–water partition coefficient (Wildman–Crippen LogP) is 2.06. The van der Waals surface area contributed by atoms with Crippen LogP contribution in [0.25, 0.3) is 5.82 Å². The molecule has 2 aromatic rings. The molecule has 0 aliphatic heterocycles. The lowest BCUT2D eigenvalue weighted by Gasteiger charge is -2.04. The van der Waals surface area contributed by atoms with Gasteiger partial charge in [0.15, 0.2) is 11.5 Å². The van der Waals surface area contributed by atoms with E-state index in [2.05, 4.69) is 10.1 Å². The molecule has 0 saturated carbocycles. The Kier molecular flexibility index (Phi) is 3.36. The minimum atomic E-state index is -1.09. The summed E-state index contributed by atoms with van der Waals surface area (Å²) >= 11 is 0. The Hall–Kier alpha value is -2.24. The van der Waals surface area contributed by atoms with Crippen LogP contribution in [0.4, 0.5) is 4.39 Å². The van der Waals surface area contributed by atoms with E-state index in [1.807, 2.05) is 6.92 Å². The molecule has 94 valence electrons. The number of aryl methyl sites for hydroxylation is 1. The van der Waals surface area contributed by atoms with Crippen molar-refractivity contribution in [3.63, 3.8) is 0 Å². The molecule has 0 amide bonds. The summed E-state index contributed by atoms with van der Waals surface area (Å²) in [7, 11) is 0. The van der Waals surface area contributed by atoms with Gasteiger partial charge in [0.25, 0.3) is 0 Å². The van der Waals surface area contributed by atoms with Gasteiger partial charge in [0.2, 0.25) is 0 Å². The zero-order valence-electron chi connectivity index (χ0n) is 9.80. The molecule has 0 unspecified atom stereocenters. The molecule has 2 heterocycles. The van der Waals surface area contributed by atoms with Crippen molar-refractivity contribution in [3.8, 4) is 5.82 Å². The summed E-state index contributed by atoms with van der Waals surface area (Å²) in [6, 6.07) is 4.24. The number of aromatic carboxylic acids is 1. The number of carboxylic acids is 1. The molecular weight excluding hydrogens is 237 g/mol. The Morgan fingerprint density at radius 3 is 2.83 bits per heavy atom. The van der Waals surface area contributed by atoms with Crippen LogP contribution in [0.15, 0.2) is 24.4 Å². The quantitative estimate of drug-likeness (QED) is 0.900. The first-order chi connectivity index (χ1) is 8.61. The van der Waals surface area contributed by atoms with Gasteiger partial charge in [-0.05, 0) is 24.6 Å². The van der Waals surface area contributed by atoms with Crippen LogP contribution in [-0.4, -0.2) is 25.8 Å². The number of hydrogen-bond acceptors (Lipinski definition) is 3. The van der Waals surface area contributed by atoms with Gasteiger partial charge < -0.3 is 5.11 Å². The second-order valence-electron chi connectivity index (χ2n) is 3.82. The fourth-order valence-corrected chi connectivity index (χ4v) is 1.65. The van der Waals surface area contributed by atoms with Crippen LogP contribution < -0.4 is 0 Å². The average molecular weight is 249 g/mol. The Balaban J connectivity index is 2.47. The van der Waals surface area contributed by atoms with Crippen LogP contribution >= 0.6 is 0 Å². The summed E-state index contributed by atoms with van der Waals surface area (Å²) in [6.07, 6.45) is 2.61. The fraction of sp³-hybridized carbons (Fsp3) is 0.250. The highest BCUT2D eigenvalue weighted by molar-refractivity contribution is 5.85. The number of rotatable bonds is 4. The molecule has 0 aliphatic carbocycles. The molecule has 0 spiro atoms. The third-order valence-electron chi connectivity index (χ3n) is 2.44. The lowest BCUT2D eigenvalue weighted by atomic mass is 10.2. The van der Waals surface area contributed by atoms with Crippen LogP contribution in [0.5, 0.6) is 0 Å². The molecule has 2 aromatic heterocycles.